The molecule has 2 heterocycles. The molecule has 1 N–H and O–H groups in total. The minimum atomic E-state index is -0.688. The number of nitrogens with one attached hydrogen (secondary N) is 1. The molecule has 0 saturated carbocycles. The van der Waals surface area contributed by atoms with Crippen LogP contribution in [0.25, 0.3) is 0 Å². The lowest BCUT2D eigenvalue weighted by molar-refractivity contribution is -0.394. The molecule has 12 nitrogen and oxygen atoms in total. The number of aromatic nitrogens is 5. The summed E-state index contributed by atoms with van der Waals surface area (Å²) < 4.78 is 13.3. The third kappa shape index (κ3) is 4.48. The lowest BCUT2D eigenvalue weighted by atomic mass is 10.1. The Kier molecular flexibility index (Phi) is 5.71. The molecular formula is C17H19N7O5. The van der Waals surface area contributed by atoms with E-state index in [2.05, 4.69) is 20.5 Å². The topological polar surface area (TPSA) is 139 Å². The molecule has 2 aromatic heterocycles. The van der Waals surface area contributed by atoms with Gasteiger partial charge in [0, 0.05) is 16.9 Å². The second-order valence-electron chi connectivity index (χ2n) is 6.03. The highest BCUT2D eigenvalue weighted by atomic mass is 16.6. The number of nitrogens with zero attached hydrogens (tertiary/aromatic N) is 6. The molecule has 152 valence electrons. The van der Waals surface area contributed by atoms with Crippen LogP contribution in [0.4, 0.5) is 5.95 Å². The largest absolute Gasteiger partial charge is 0.497 e. The Morgan fingerprint density at radius 2 is 2.03 bits per heavy atom. The van der Waals surface area contributed by atoms with Gasteiger partial charge in [-0.3, -0.25) is 4.79 Å². The Balaban J connectivity index is 1.69. The van der Waals surface area contributed by atoms with Crippen molar-refractivity contribution in [3.8, 4) is 11.5 Å². The van der Waals surface area contributed by atoms with Crippen LogP contribution in [0.3, 0.4) is 0 Å². The highest BCUT2D eigenvalue weighted by Crippen LogP contribution is 2.29. The van der Waals surface area contributed by atoms with E-state index < -0.39 is 10.9 Å². The van der Waals surface area contributed by atoms with E-state index in [-0.39, 0.29) is 24.3 Å². The summed E-state index contributed by atoms with van der Waals surface area (Å²) in [5, 5.41) is 21.4. The van der Waals surface area contributed by atoms with Gasteiger partial charge in [-0.2, -0.15) is 9.78 Å². The van der Waals surface area contributed by atoms with Gasteiger partial charge in [0.15, 0.2) is 6.67 Å². The summed E-state index contributed by atoms with van der Waals surface area (Å²) in [4.78, 5) is 26.1. The van der Waals surface area contributed by atoms with Crippen molar-refractivity contribution in [2.75, 3.05) is 14.2 Å². The Morgan fingerprint density at radius 1 is 1.24 bits per heavy atom. The van der Waals surface area contributed by atoms with Crippen molar-refractivity contribution in [1.82, 2.24) is 29.9 Å². The molecule has 3 rings (SSSR count). The van der Waals surface area contributed by atoms with Gasteiger partial charge in [-0.25, -0.2) is 4.68 Å². The van der Waals surface area contributed by atoms with Gasteiger partial charge in [0.1, 0.15) is 17.2 Å². The minimum Gasteiger partial charge on any atom is -0.497 e. The molecule has 1 atom stereocenters. The first-order valence-corrected chi connectivity index (χ1v) is 8.51. The molecule has 1 aromatic carbocycles. The van der Waals surface area contributed by atoms with Crippen LogP contribution in [0.2, 0.25) is 0 Å². The van der Waals surface area contributed by atoms with Gasteiger partial charge in [-0.1, -0.05) is 4.98 Å². The third-order valence-electron chi connectivity index (χ3n) is 4.10. The number of hydrogen-bond donors (Lipinski definition) is 1. The lowest BCUT2D eigenvalue weighted by Crippen LogP contribution is -2.27. The number of hydrogen-bond acceptors (Lipinski definition) is 8. The Hall–Kier alpha value is -3.96. The standard InChI is InChI=1S/C17H19N7O5/c1-11(13-8-12(28-2)4-5-15(13)29-3)19-16(25)14-6-7-22(20-14)10-23-9-18-17(21-23)24(26)27/h4-9,11H,10H2,1-3H3,(H,19,25). The van der Waals surface area contributed by atoms with Gasteiger partial charge >= 0.3 is 5.95 Å². The summed E-state index contributed by atoms with van der Waals surface area (Å²) in [6.45, 7) is 1.90. The highest BCUT2D eigenvalue weighted by Gasteiger charge is 2.18. The number of rotatable bonds is 8. The fraction of sp³-hybridized carbons (Fsp3) is 0.294. The quantitative estimate of drug-likeness (QED) is 0.441. The summed E-state index contributed by atoms with van der Waals surface area (Å²) in [5.74, 6) is 0.381. The summed E-state index contributed by atoms with van der Waals surface area (Å²) >= 11 is 0. The van der Waals surface area contributed by atoms with Crippen LogP contribution in [0, 0.1) is 10.1 Å². The van der Waals surface area contributed by atoms with E-state index in [1.807, 2.05) is 6.92 Å². The van der Waals surface area contributed by atoms with Crippen molar-refractivity contribution in [2.45, 2.75) is 19.6 Å². The third-order valence-corrected chi connectivity index (χ3v) is 4.10. The molecule has 0 saturated heterocycles. The van der Waals surface area contributed by atoms with Crippen LogP contribution in [0.1, 0.15) is 29.0 Å². The van der Waals surface area contributed by atoms with Crippen molar-refractivity contribution < 1.29 is 19.2 Å². The normalized spacial score (nSPS) is 11.7. The number of benzene rings is 1. The van der Waals surface area contributed by atoms with Crippen LogP contribution >= 0.6 is 0 Å². The SMILES string of the molecule is COc1ccc(OC)c(C(C)NC(=O)c2ccn(Cn3cnc([N+](=O)[O-])n3)n2)c1. The van der Waals surface area contributed by atoms with Crippen molar-refractivity contribution in [1.29, 1.82) is 0 Å². The zero-order valence-corrected chi connectivity index (χ0v) is 16.0. The van der Waals surface area contributed by atoms with Gasteiger partial charge < -0.3 is 24.9 Å². The van der Waals surface area contributed by atoms with Crippen LogP contribution in [0.15, 0.2) is 36.8 Å². The number of carbonyl (C=O) groups excluding carboxylic acids is 1. The second kappa shape index (κ2) is 8.37. The molecule has 12 heteroatoms. The fourth-order valence-corrected chi connectivity index (χ4v) is 2.67. The van der Waals surface area contributed by atoms with E-state index >= 15 is 0 Å². The number of ether oxygens (including phenoxy) is 2. The minimum absolute atomic E-state index is 0.0768. The van der Waals surface area contributed by atoms with E-state index in [9.17, 15) is 14.9 Å². The van der Waals surface area contributed by atoms with Crippen molar-refractivity contribution in [3.63, 3.8) is 0 Å². The summed E-state index contributed by atoms with van der Waals surface area (Å²) in [7, 11) is 3.11. The predicted molar refractivity (Wildman–Crippen MR) is 99.7 cm³/mol. The van der Waals surface area contributed by atoms with Crippen LogP contribution in [0.5, 0.6) is 11.5 Å². The predicted octanol–water partition coefficient (Wildman–Crippen LogP) is 1.40. The molecule has 0 aliphatic carbocycles. The van der Waals surface area contributed by atoms with Gasteiger partial charge in [-0.15, -0.1) is 0 Å². The Morgan fingerprint density at radius 3 is 2.69 bits per heavy atom. The lowest BCUT2D eigenvalue weighted by Gasteiger charge is -2.17. The number of methoxy groups -OCH3 is 2. The van der Waals surface area contributed by atoms with Crippen molar-refractivity contribution >= 4 is 11.9 Å². The van der Waals surface area contributed by atoms with Gasteiger partial charge in [0.25, 0.3) is 5.91 Å². The summed E-state index contributed by atoms with van der Waals surface area (Å²) in [6, 6.07) is 6.50. The number of carbonyl (C=O) groups is 1. The van der Waals surface area contributed by atoms with Crippen molar-refractivity contribution in [3.05, 3.63) is 58.2 Å². The zero-order chi connectivity index (χ0) is 21.0. The first kappa shape index (κ1) is 19.8. The fourth-order valence-electron chi connectivity index (χ4n) is 2.67. The van der Waals surface area contributed by atoms with E-state index in [1.54, 1.807) is 38.6 Å². The molecule has 1 amide bonds. The first-order chi connectivity index (χ1) is 13.9. The van der Waals surface area contributed by atoms with Gasteiger partial charge in [0.2, 0.25) is 6.33 Å². The maximum Gasteiger partial charge on any atom is 0.491 e. The average molecular weight is 401 g/mol. The van der Waals surface area contributed by atoms with E-state index in [4.69, 9.17) is 9.47 Å². The molecule has 1 unspecified atom stereocenters. The Labute approximate surface area is 165 Å². The second-order valence-corrected chi connectivity index (χ2v) is 6.03. The Bertz CT molecular complexity index is 1030. The smallest absolute Gasteiger partial charge is 0.491 e. The van der Waals surface area contributed by atoms with Crippen LogP contribution in [-0.2, 0) is 6.67 Å². The van der Waals surface area contributed by atoms with E-state index in [0.29, 0.717) is 11.5 Å². The molecule has 0 bridgehead atoms. The number of nitro groups is 1. The first-order valence-electron chi connectivity index (χ1n) is 8.51. The molecule has 3 aromatic rings. The van der Waals surface area contributed by atoms with E-state index in [1.165, 1.54) is 21.8 Å². The maximum absolute atomic E-state index is 12.6. The molecule has 0 fully saturated rings. The summed E-state index contributed by atoms with van der Waals surface area (Å²) in [6.07, 6.45) is 2.79. The number of amides is 1. The molecule has 29 heavy (non-hydrogen) atoms. The van der Waals surface area contributed by atoms with Gasteiger partial charge in [0.05, 0.1) is 20.3 Å². The van der Waals surface area contributed by atoms with E-state index in [0.717, 1.165) is 5.56 Å². The van der Waals surface area contributed by atoms with Gasteiger partial charge in [-0.05, 0) is 36.1 Å². The highest BCUT2D eigenvalue weighted by molar-refractivity contribution is 5.92. The average Bonchev–Trinajstić information content (AvgIpc) is 3.37. The van der Waals surface area contributed by atoms with Crippen LogP contribution < -0.4 is 14.8 Å². The molecule has 0 aliphatic rings. The zero-order valence-electron chi connectivity index (χ0n) is 16.0. The maximum atomic E-state index is 12.6. The molecule has 0 spiro atoms. The summed E-state index contributed by atoms with van der Waals surface area (Å²) in [5.41, 5.74) is 0.947. The van der Waals surface area contributed by atoms with Crippen LogP contribution in [-0.4, -0.2) is 49.6 Å². The molecular weight excluding hydrogens is 382 g/mol. The van der Waals surface area contributed by atoms with Crippen molar-refractivity contribution in [2.24, 2.45) is 0 Å². The molecule has 0 aliphatic heterocycles. The molecule has 0 radical (unpaired) electrons. The monoisotopic (exact) mass is 401 g/mol.